The van der Waals surface area contributed by atoms with E-state index in [4.69, 9.17) is 4.74 Å². The zero-order chi connectivity index (χ0) is 31.1. The Morgan fingerprint density at radius 3 is 2.33 bits per heavy atom. The van der Waals surface area contributed by atoms with E-state index in [0.29, 0.717) is 16.7 Å². The number of phenolic OH excluding ortho intramolecular Hbond substituents is 1. The number of methoxy groups -OCH3 is 1. The first-order chi connectivity index (χ1) is 20.3. The van der Waals surface area contributed by atoms with Gasteiger partial charge in [0.2, 0.25) is 11.8 Å². The normalized spacial score (nSPS) is 30.1. The van der Waals surface area contributed by atoms with Gasteiger partial charge in [-0.1, -0.05) is 24.6 Å². The number of fused-ring (bicyclic) bond motifs is 4. The van der Waals surface area contributed by atoms with Crippen molar-refractivity contribution in [2.45, 2.75) is 39.5 Å². The molecule has 4 aliphatic rings. The molecule has 2 aromatic rings. The van der Waals surface area contributed by atoms with Gasteiger partial charge in [-0.2, -0.15) is 0 Å². The minimum absolute atomic E-state index is 0.0623. The lowest BCUT2D eigenvalue weighted by atomic mass is 9.46. The van der Waals surface area contributed by atoms with Gasteiger partial charge in [0.05, 0.1) is 30.0 Å². The molecule has 0 aromatic heterocycles. The first-order valence-electron chi connectivity index (χ1n) is 14.1. The number of allylic oxidation sites excluding steroid dienone is 4. The molecule has 1 saturated heterocycles. The van der Waals surface area contributed by atoms with E-state index >= 15 is 0 Å². The lowest BCUT2D eigenvalue weighted by Crippen LogP contribution is -2.55. The van der Waals surface area contributed by atoms with Crippen LogP contribution >= 0.6 is 0 Å². The first-order valence-corrected chi connectivity index (χ1v) is 14.1. The van der Waals surface area contributed by atoms with Crippen molar-refractivity contribution in [3.05, 3.63) is 70.3 Å². The van der Waals surface area contributed by atoms with Gasteiger partial charge >= 0.3 is 5.97 Å². The number of anilines is 1. The summed E-state index contributed by atoms with van der Waals surface area (Å²) in [5, 5.41) is 29.9. The Bertz CT molecular complexity index is 1720. The smallest absolute Gasteiger partial charge is 0.339 e. The zero-order valence-corrected chi connectivity index (χ0v) is 24.1. The van der Waals surface area contributed by atoms with E-state index in [0.717, 1.165) is 22.6 Å². The molecular formula is C33H31NO9. The number of hydrogen-bond donors (Lipinski definition) is 3. The van der Waals surface area contributed by atoms with Crippen LogP contribution in [-0.4, -0.2) is 51.8 Å². The summed E-state index contributed by atoms with van der Waals surface area (Å²) >= 11 is 0. The molecule has 0 spiro atoms. The second-order valence-electron chi connectivity index (χ2n) is 12.1. The van der Waals surface area contributed by atoms with Crippen molar-refractivity contribution >= 4 is 35.0 Å². The molecule has 0 unspecified atom stereocenters. The number of phenols is 2. The zero-order valence-electron chi connectivity index (χ0n) is 24.1. The van der Waals surface area contributed by atoms with Crippen LogP contribution in [0.1, 0.15) is 55.5 Å². The fourth-order valence-corrected chi connectivity index (χ4v) is 7.93. The highest BCUT2D eigenvalue weighted by atomic mass is 16.5. The van der Waals surface area contributed by atoms with Crippen LogP contribution < -0.4 is 9.64 Å². The highest BCUT2D eigenvalue weighted by molar-refractivity contribution is 6.23. The fourth-order valence-electron chi connectivity index (χ4n) is 7.93. The van der Waals surface area contributed by atoms with Crippen LogP contribution in [0.4, 0.5) is 5.69 Å². The molecule has 2 fully saturated rings. The third kappa shape index (κ3) is 3.81. The van der Waals surface area contributed by atoms with Crippen molar-refractivity contribution in [1.82, 2.24) is 0 Å². The van der Waals surface area contributed by atoms with Crippen molar-refractivity contribution in [3.8, 4) is 17.2 Å². The Morgan fingerprint density at radius 2 is 1.67 bits per heavy atom. The Balaban J connectivity index is 1.49. The van der Waals surface area contributed by atoms with Gasteiger partial charge in [0.15, 0.2) is 23.1 Å². The van der Waals surface area contributed by atoms with Gasteiger partial charge < -0.3 is 20.1 Å². The number of ether oxygens (including phenoxy) is 1. The van der Waals surface area contributed by atoms with E-state index in [1.807, 2.05) is 6.08 Å². The molecule has 0 bridgehead atoms. The molecule has 43 heavy (non-hydrogen) atoms. The number of imide groups is 1. The molecule has 10 nitrogen and oxygen atoms in total. The minimum atomic E-state index is -1.35. The Kier molecular flexibility index (Phi) is 6.37. The number of aromatic carboxylic acids is 1. The molecule has 2 aromatic carbocycles. The Morgan fingerprint density at radius 1 is 0.953 bits per heavy atom. The van der Waals surface area contributed by atoms with Gasteiger partial charge in [-0.15, -0.1) is 0 Å². The topological polar surface area (TPSA) is 159 Å². The van der Waals surface area contributed by atoms with Gasteiger partial charge in [-0.25, -0.2) is 9.69 Å². The number of rotatable bonds is 4. The van der Waals surface area contributed by atoms with Crippen molar-refractivity contribution in [1.29, 1.82) is 0 Å². The third-order valence-electron chi connectivity index (χ3n) is 10.2. The van der Waals surface area contributed by atoms with E-state index in [1.54, 1.807) is 32.9 Å². The fraction of sp³-hybridized carbons (Fsp3) is 0.364. The molecular weight excluding hydrogens is 554 g/mol. The number of hydrogen-bond acceptors (Lipinski definition) is 8. The maximum Gasteiger partial charge on any atom is 0.339 e. The van der Waals surface area contributed by atoms with Crippen LogP contribution in [0.3, 0.4) is 0 Å². The number of carbonyl (C=O) groups excluding carboxylic acids is 4. The first kappa shape index (κ1) is 28.4. The molecule has 3 N–H and O–H groups in total. The third-order valence-corrected chi connectivity index (χ3v) is 10.2. The second-order valence-corrected chi connectivity index (χ2v) is 12.1. The van der Waals surface area contributed by atoms with Crippen LogP contribution in [0.25, 0.3) is 0 Å². The number of Topliss-reactive ketones (excluding diaryl/α,β-unsaturated/α-hetero) is 2. The number of ketones is 2. The van der Waals surface area contributed by atoms with E-state index < -0.39 is 58.5 Å². The predicted molar refractivity (Wildman–Crippen MR) is 153 cm³/mol. The number of carboxylic acids is 1. The molecule has 1 heterocycles. The number of nitrogens with zero attached hydrogens (tertiary/aromatic N) is 1. The van der Waals surface area contributed by atoms with Crippen LogP contribution in [0, 0.1) is 29.1 Å². The Hall–Kier alpha value is -4.73. The number of carboxylic acid groups (broad SMARTS) is 1. The second kappa shape index (κ2) is 9.65. The monoisotopic (exact) mass is 585 g/mol. The molecule has 2 amide bonds. The van der Waals surface area contributed by atoms with Gasteiger partial charge in [0, 0.05) is 17.9 Å². The molecule has 10 heteroatoms. The van der Waals surface area contributed by atoms with E-state index in [9.17, 15) is 39.3 Å². The SMILES string of the molecule is COc1cc([C@H]2C3=CC[C@@H]4C(=O)N(c5ccc(C(=O)O)c(O)c5)C(=O)[C@@H]4[C@@H]3C[C@H]3C(=O)C(C)=C(C)C(=O)[C@@]23C)ccc1O. The van der Waals surface area contributed by atoms with Gasteiger partial charge in [-0.05, 0) is 73.6 Å². The summed E-state index contributed by atoms with van der Waals surface area (Å²) in [4.78, 5) is 68.1. The molecule has 1 aliphatic heterocycles. The lowest BCUT2D eigenvalue weighted by Gasteiger charge is -2.54. The van der Waals surface area contributed by atoms with Gasteiger partial charge in [0.1, 0.15) is 11.3 Å². The summed E-state index contributed by atoms with van der Waals surface area (Å²) in [5.74, 6) is -6.59. The van der Waals surface area contributed by atoms with Gasteiger partial charge in [-0.3, -0.25) is 19.2 Å². The van der Waals surface area contributed by atoms with Crippen molar-refractivity contribution in [3.63, 3.8) is 0 Å². The molecule has 0 radical (unpaired) electrons. The maximum absolute atomic E-state index is 14.1. The number of amides is 2. The summed E-state index contributed by atoms with van der Waals surface area (Å²) in [7, 11) is 1.42. The molecule has 1 saturated carbocycles. The average molecular weight is 586 g/mol. The number of benzene rings is 2. The summed E-state index contributed by atoms with van der Waals surface area (Å²) in [6.45, 7) is 5.09. The average Bonchev–Trinajstić information content (AvgIpc) is 3.24. The minimum Gasteiger partial charge on any atom is -0.507 e. The molecule has 6 rings (SSSR count). The standard InChI is InChI=1S/C33H31NO9/c1-14-15(2)29(38)33(3)22(28(14)37)13-21-18(27(33)16-5-10-23(35)25(11-16)43-4)8-9-20-26(21)31(40)34(30(20)39)17-6-7-19(32(41)42)24(36)12-17/h5-8,10-12,20-22,26-27,35-36H,9,13H2,1-4H3,(H,41,42)/t20-,21+,22-,26-,27-,33+/m0/s1. The quantitative estimate of drug-likeness (QED) is 0.354. The molecule has 3 aliphatic carbocycles. The number of carbonyl (C=O) groups is 5. The van der Waals surface area contributed by atoms with Crippen molar-refractivity contribution in [2.75, 3.05) is 12.0 Å². The molecule has 6 atom stereocenters. The summed E-state index contributed by atoms with van der Waals surface area (Å²) in [6.07, 6.45) is 2.33. The van der Waals surface area contributed by atoms with E-state index in [2.05, 4.69) is 0 Å². The highest BCUT2D eigenvalue weighted by Crippen LogP contribution is 2.63. The van der Waals surface area contributed by atoms with Crippen molar-refractivity contribution < 1.29 is 44.0 Å². The summed E-state index contributed by atoms with van der Waals surface area (Å²) in [6, 6.07) is 8.37. The Labute approximate surface area is 247 Å². The summed E-state index contributed by atoms with van der Waals surface area (Å²) < 4.78 is 5.37. The highest BCUT2D eigenvalue weighted by Gasteiger charge is 2.64. The molecule has 222 valence electrons. The predicted octanol–water partition coefficient (Wildman–Crippen LogP) is 4.15. The maximum atomic E-state index is 14.1. The van der Waals surface area contributed by atoms with Crippen LogP contribution in [0.15, 0.2) is 59.2 Å². The summed E-state index contributed by atoms with van der Waals surface area (Å²) in [5.41, 5.74) is 0.742. The van der Waals surface area contributed by atoms with Crippen LogP contribution in [0.2, 0.25) is 0 Å². The van der Waals surface area contributed by atoms with Crippen molar-refractivity contribution in [2.24, 2.45) is 29.1 Å². The van der Waals surface area contributed by atoms with Crippen LogP contribution in [0.5, 0.6) is 17.2 Å². The van der Waals surface area contributed by atoms with E-state index in [1.165, 1.54) is 19.2 Å². The van der Waals surface area contributed by atoms with E-state index in [-0.39, 0.29) is 47.2 Å². The largest absolute Gasteiger partial charge is 0.507 e. The number of aromatic hydroxyl groups is 2. The lowest BCUT2D eigenvalue weighted by molar-refractivity contribution is -0.142. The van der Waals surface area contributed by atoms with Crippen LogP contribution in [-0.2, 0) is 19.2 Å². The van der Waals surface area contributed by atoms with Gasteiger partial charge in [0.25, 0.3) is 0 Å².